The molecule has 0 aliphatic carbocycles. The monoisotopic (exact) mass is 186 g/mol. The van der Waals surface area contributed by atoms with Gasteiger partial charge in [0.05, 0.1) is 0 Å². The van der Waals surface area contributed by atoms with Crippen LogP contribution in [0.3, 0.4) is 0 Å². The molecule has 0 saturated carbocycles. The molecule has 0 fully saturated rings. The molecule has 0 aliphatic rings. The van der Waals surface area contributed by atoms with Gasteiger partial charge < -0.3 is 5.11 Å². The first kappa shape index (κ1) is 10.1. The van der Waals surface area contributed by atoms with Crippen LogP contribution in [0.5, 0.6) is 5.88 Å². The van der Waals surface area contributed by atoms with Crippen LogP contribution in [0.15, 0.2) is 12.5 Å². The summed E-state index contributed by atoms with van der Waals surface area (Å²) in [5.41, 5.74) is -0.0204. The Labute approximate surface area is 94.9 Å². The van der Waals surface area contributed by atoms with Crippen molar-refractivity contribution >= 4 is 12.1 Å². The van der Waals surface area contributed by atoms with Gasteiger partial charge in [-0.3, -0.25) is 4.79 Å². The van der Waals surface area contributed by atoms with E-state index < -0.39 is 5.88 Å². The topological polar surface area (TPSA) is 83.2 Å². The normalized spacial score (nSPS) is 9.54. The van der Waals surface area contributed by atoms with Gasteiger partial charge in [-0.25, -0.2) is 9.50 Å². The van der Waals surface area contributed by atoms with Gasteiger partial charge in [0.1, 0.15) is 6.33 Å². The zero-order chi connectivity index (χ0) is 8.55. The molecule has 0 aliphatic heterocycles. The molecule has 0 aromatic carbocycles. The predicted molar refractivity (Wildman–Crippen MR) is 35.6 cm³/mol. The van der Waals surface area contributed by atoms with Crippen LogP contribution in [0.1, 0.15) is 10.4 Å². The zero-order valence-electron chi connectivity index (χ0n) is 6.84. The summed E-state index contributed by atoms with van der Waals surface area (Å²) in [6.07, 6.45) is 2.83. The second-order valence-corrected chi connectivity index (χ2v) is 2.11. The number of carbonyl (C=O) groups is 1. The number of hydrogen-bond donors (Lipinski definition) is 0. The Bertz CT molecular complexity index is 441. The molecule has 2 heterocycles. The SMILES string of the molecule is O=Cc1cnc2ncnn2c1[O-].[Na+]. The number of carbonyl (C=O) groups excluding carboxylic acids is 1. The quantitative estimate of drug-likeness (QED) is 0.335. The van der Waals surface area contributed by atoms with Gasteiger partial charge >= 0.3 is 29.6 Å². The average molecular weight is 186 g/mol. The van der Waals surface area contributed by atoms with Crippen molar-refractivity contribution in [3.8, 4) is 5.88 Å². The van der Waals surface area contributed by atoms with E-state index in [1.54, 1.807) is 0 Å². The van der Waals surface area contributed by atoms with E-state index in [-0.39, 0.29) is 40.9 Å². The van der Waals surface area contributed by atoms with Crippen LogP contribution in [0.4, 0.5) is 0 Å². The van der Waals surface area contributed by atoms with Gasteiger partial charge in [-0.05, 0) is 0 Å². The summed E-state index contributed by atoms with van der Waals surface area (Å²) in [4.78, 5) is 17.7. The first-order valence-corrected chi connectivity index (χ1v) is 3.14. The van der Waals surface area contributed by atoms with Crippen LogP contribution in [0.2, 0.25) is 0 Å². The summed E-state index contributed by atoms with van der Waals surface area (Å²) in [5.74, 6) is -0.293. The molecule has 0 bridgehead atoms. The molecular formula is C6H3N4NaO2. The summed E-state index contributed by atoms with van der Waals surface area (Å²) in [7, 11) is 0. The van der Waals surface area contributed by atoms with Crippen LogP contribution in [-0.4, -0.2) is 25.9 Å². The number of aromatic nitrogens is 4. The Kier molecular flexibility index (Phi) is 2.97. The molecule has 2 rings (SSSR count). The minimum Gasteiger partial charge on any atom is -0.858 e. The van der Waals surface area contributed by atoms with Crippen LogP contribution >= 0.6 is 0 Å². The Morgan fingerprint density at radius 1 is 1.46 bits per heavy atom. The van der Waals surface area contributed by atoms with E-state index in [4.69, 9.17) is 0 Å². The Morgan fingerprint density at radius 3 is 2.92 bits per heavy atom. The van der Waals surface area contributed by atoms with Gasteiger partial charge in [0, 0.05) is 17.6 Å². The van der Waals surface area contributed by atoms with Gasteiger partial charge in [-0.15, -0.1) is 0 Å². The number of rotatable bonds is 1. The van der Waals surface area contributed by atoms with Crippen molar-refractivity contribution in [2.24, 2.45) is 0 Å². The van der Waals surface area contributed by atoms with Crippen molar-refractivity contribution in [2.75, 3.05) is 0 Å². The van der Waals surface area contributed by atoms with E-state index in [1.807, 2.05) is 0 Å². The minimum absolute atomic E-state index is 0. The molecule has 2 aromatic heterocycles. The first-order chi connectivity index (χ1) is 5.83. The molecule has 0 unspecified atom stereocenters. The zero-order valence-corrected chi connectivity index (χ0v) is 8.84. The van der Waals surface area contributed by atoms with E-state index in [0.717, 1.165) is 4.52 Å². The molecule has 0 radical (unpaired) electrons. The van der Waals surface area contributed by atoms with Crippen LogP contribution in [-0.2, 0) is 0 Å². The van der Waals surface area contributed by atoms with Crippen molar-refractivity contribution in [3.05, 3.63) is 18.1 Å². The summed E-state index contributed by atoms with van der Waals surface area (Å²) >= 11 is 0. The van der Waals surface area contributed by atoms with Crippen LogP contribution in [0.25, 0.3) is 5.78 Å². The molecule has 0 saturated heterocycles. The van der Waals surface area contributed by atoms with E-state index in [2.05, 4.69) is 15.1 Å². The molecule has 0 amide bonds. The largest absolute Gasteiger partial charge is 1.00 e. The van der Waals surface area contributed by atoms with Crippen molar-refractivity contribution < 1.29 is 39.5 Å². The third-order valence-corrected chi connectivity index (χ3v) is 1.42. The fraction of sp³-hybridized carbons (Fsp3) is 0. The second-order valence-electron chi connectivity index (χ2n) is 2.11. The van der Waals surface area contributed by atoms with Crippen LogP contribution in [0, 0.1) is 0 Å². The third-order valence-electron chi connectivity index (χ3n) is 1.42. The molecule has 6 nitrogen and oxygen atoms in total. The fourth-order valence-electron chi connectivity index (χ4n) is 0.852. The van der Waals surface area contributed by atoms with E-state index in [1.165, 1.54) is 12.5 Å². The Morgan fingerprint density at radius 2 is 2.23 bits per heavy atom. The molecule has 0 N–H and O–H groups in total. The van der Waals surface area contributed by atoms with Crippen molar-refractivity contribution in [2.45, 2.75) is 0 Å². The number of hydrogen-bond acceptors (Lipinski definition) is 5. The smallest absolute Gasteiger partial charge is 0.858 e. The number of aldehydes is 1. The van der Waals surface area contributed by atoms with Gasteiger partial charge in [0.15, 0.2) is 6.29 Å². The fourth-order valence-corrected chi connectivity index (χ4v) is 0.852. The molecule has 7 heteroatoms. The molecule has 0 spiro atoms. The maximum absolute atomic E-state index is 11.2. The maximum atomic E-state index is 11.2. The number of fused-ring (bicyclic) bond motifs is 1. The van der Waals surface area contributed by atoms with Crippen molar-refractivity contribution in [1.29, 1.82) is 0 Å². The second kappa shape index (κ2) is 3.82. The minimum atomic E-state index is -0.493. The van der Waals surface area contributed by atoms with Gasteiger partial charge in [-0.2, -0.15) is 10.1 Å². The predicted octanol–water partition coefficient (Wildman–Crippen LogP) is -3.99. The summed E-state index contributed by atoms with van der Waals surface area (Å²) in [6.45, 7) is 0. The molecule has 2 aromatic rings. The molecule has 60 valence electrons. The van der Waals surface area contributed by atoms with Gasteiger partial charge in [0.2, 0.25) is 0 Å². The molecule has 13 heavy (non-hydrogen) atoms. The maximum Gasteiger partial charge on any atom is 1.00 e. The average Bonchev–Trinajstić information content (AvgIpc) is 2.53. The van der Waals surface area contributed by atoms with E-state index in [0.29, 0.717) is 6.29 Å². The standard InChI is InChI=1S/C6H4N4O2.Na/c11-2-4-1-7-6-8-3-9-10(6)5(4)12;/h1-3,12H;/q;+1/p-1. The Hall–Kier alpha value is -0.980. The molecule has 0 atom stereocenters. The van der Waals surface area contributed by atoms with Crippen molar-refractivity contribution in [1.82, 2.24) is 19.6 Å². The van der Waals surface area contributed by atoms with Gasteiger partial charge in [-0.1, -0.05) is 0 Å². The van der Waals surface area contributed by atoms with Gasteiger partial charge in [0.25, 0.3) is 5.78 Å². The summed E-state index contributed by atoms with van der Waals surface area (Å²) < 4.78 is 0.976. The number of nitrogens with zero attached hydrogens (tertiary/aromatic N) is 4. The van der Waals surface area contributed by atoms with E-state index >= 15 is 0 Å². The molecular weight excluding hydrogens is 183 g/mol. The Balaban J connectivity index is 0.000000845. The van der Waals surface area contributed by atoms with Crippen molar-refractivity contribution in [3.63, 3.8) is 0 Å². The summed E-state index contributed by atoms with van der Waals surface area (Å²) in [5, 5.41) is 14.8. The van der Waals surface area contributed by atoms with E-state index in [9.17, 15) is 9.90 Å². The first-order valence-electron chi connectivity index (χ1n) is 3.14. The summed E-state index contributed by atoms with van der Waals surface area (Å²) in [6, 6.07) is 0. The third kappa shape index (κ3) is 1.55. The van der Waals surface area contributed by atoms with Crippen LogP contribution < -0.4 is 34.7 Å².